The van der Waals surface area contributed by atoms with Gasteiger partial charge in [-0.05, 0) is 23.8 Å². The molecule has 0 radical (unpaired) electrons. The molecule has 0 bridgehead atoms. The molecule has 1 spiro atoms. The van der Waals surface area contributed by atoms with Gasteiger partial charge in [-0.25, -0.2) is 4.98 Å². The molecule has 0 saturated carbocycles. The number of hydrogen-bond donors (Lipinski definition) is 1. The molecule has 10 nitrogen and oxygen atoms in total. The summed E-state index contributed by atoms with van der Waals surface area (Å²) in [4.78, 5) is 32.2. The highest BCUT2D eigenvalue weighted by molar-refractivity contribution is 5.93. The number of hydrogen-bond acceptors (Lipinski definition) is 7. The number of nitrogens with one attached hydrogen (secondary N) is 1. The molecule has 0 unspecified atom stereocenters. The first kappa shape index (κ1) is 22.0. The zero-order chi connectivity index (χ0) is 23.5. The first-order valence-corrected chi connectivity index (χ1v) is 11.2. The minimum Gasteiger partial charge on any atom is -0.497 e. The fraction of sp³-hybridized carbons (Fsp3) is 0.375. The van der Waals surface area contributed by atoms with E-state index in [4.69, 9.17) is 9.47 Å². The predicted octanol–water partition coefficient (Wildman–Crippen LogP) is 1.53. The van der Waals surface area contributed by atoms with Crippen LogP contribution in [0.2, 0.25) is 0 Å². The largest absolute Gasteiger partial charge is 0.497 e. The summed E-state index contributed by atoms with van der Waals surface area (Å²) < 4.78 is 13.6. The summed E-state index contributed by atoms with van der Waals surface area (Å²) in [5, 5.41) is 10.5. The number of ether oxygens (including phenoxy) is 2. The Bertz CT molecular complexity index is 1160. The summed E-state index contributed by atoms with van der Waals surface area (Å²) in [5.74, 6) is 1.32. The molecular weight excluding hydrogens is 436 g/mol. The third-order valence-corrected chi connectivity index (χ3v) is 6.46. The first-order valence-electron chi connectivity index (χ1n) is 11.2. The van der Waals surface area contributed by atoms with Gasteiger partial charge in [0, 0.05) is 44.9 Å². The second kappa shape index (κ2) is 9.22. The SMILES string of the molecule is COc1ccc(CNC(=O)[C@@H]2Cn3ccnc3C3(CCN(C(=O)c4ccnnc4)CC3)O2)cc1. The molecule has 4 heterocycles. The van der Waals surface area contributed by atoms with Crippen LogP contribution in [0.25, 0.3) is 0 Å². The highest BCUT2D eigenvalue weighted by Crippen LogP contribution is 2.40. The lowest BCUT2D eigenvalue weighted by Gasteiger charge is -2.45. The summed E-state index contributed by atoms with van der Waals surface area (Å²) in [7, 11) is 1.62. The summed E-state index contributed by atoms with van der Waals surface area (Å²) in [6.45, 7) is 1.79. The van der Waals surface area contributed by atoms with Crippen molar-refractivity contribution in [1.29, 1.82) is 0 Å². The van der Waals surface area contributed by atoms with E-state index in [0.717, 1.165) is 17.1 Å². The van der Waals surface area contributed by atoms with Crippen LogP contribution in [0.5, 0.6) is 5.75 Å². The molecular formula is C24H26N6O4. The van der Waals surface area contributed by atoms with E-state index in [-0.39, 0.29) is 11.8 Å². The van der Waals surface area contributed by atoms with Crippen molar-refractivity contribution < 1.29 is 19.1 Å². The molecule has 1 atom stereocenters. The lowest BCUT2D eigenvalue weighted by atomic mass is 9.88. The standard InChI is InChI=1S/C24H26N6O4/c1-33-19-4-2-17(3-5-19)14-26-21(31)20-16-30-13-10-25-23(30)24(34-20)7-11-29(12-8-24)22(32)18-6-9-27-28-15-18/h2-6,9-10,13,15,20H,7-8,11-12,14,16H2,1H3,(H,26,31)/t20-/m0/s1. The zero-order valence-electron chi connectivity index (χ0n) is 18.9. The number of nitrogens with zero attached hydrogens (tertiary/aromatic N) is 5. The number of carbonyl (C=O) groups excluding carboxylic acids is 2. The highest BCUT2D eigenvalue weighted by atomic mass is 16.5. The lowest BCUT2D eigenvalue weighted by Crippen LogP contribution is -2.54. The van der Waals surface area contributed by atoms with Gasteiger partial charge in [-0.1, -0.05) is 12.1 Å². The van der Waals surface area contributed by atoms with Crippen LogP contribution in [0.4, 0.5) is 0 Å². The van der Waals surface area contributed by atoms with E-state index in [9.17, 15) is 9.59 Å². The smallest absolute Gasteiger partial charge is 0.255 e. The molecule has 5 rings (SSSR count). The van der Waals surface area contributed by atoms with Crippen LogP contribution >= 0.6 is 0 Å². The number of amides is 2. The van der Waals surface area contributed by atoms with Gasteiger partial charge in [0.05, 0.1) is 31.6 Å². The Labute approximate surface area is 196 Å². The van der Waals surface area contributed by atoms with E-state index in [1.165, 1.54) is 12.4 Å². The average Bonchev–Trinajstić information content (AvgIpc) is 3.38. The number of fused-ring (bicyclic) bond motifs is 2. The zero-order valence-corrected chi connectivity index (χ0v) is 18.9. The molecule has 10 heteroatoms. The number of methoxy groups -OCH3 is 1. The second-order valence-corrected chi connectivity index (χ2v) is 8.49. The summed E-state index contributed by atoms with van der Waals surface area (Å²) in [5.41, 5.74) is 0.769. The predicted molar refractivity (Wildman–Crippen MR) is 121 cm³/mol. The number of benzene rings is 1. The number of likely N-dealkylation sites (tertiary alicyclic amines) is 1. The minimum absolute atomic E-state index is 0.0855. The van der Waals surface area contributed by atoms with Crippen molar-refractivity contribution in [2.75, 3.05) is 20.2 Å². The maximum atomic E-state index is 13.0. The molecule has 0 aliphatic carbocycles. The van der Waals surface area contributed by atoms with Crippen molar-refractivity contribution in [3.05, 3.63) is 72.1 Å². The van der Waals surface area contributed by atoms with Gasteiger partial charge in [-0.15, -0.1) is 0 Å². The minimum atomic E-state index is -0.711. The van der Waals surface area contributed by atoms with Gasteiger partial charge in [-0.3, -0.25) is 9.59 Å². The van der Waals surface area contributed by atoms with Crippen LogP contribution in [0, 0.1) is 0 Å². The van der Waals surface area contributed by atoms with Gasteiger partial charge in [0.25, 0.3) is 11.8 Å². The van der Waals surface area contributed by atoms with Crippen LogP contribution < -0.4 is 10.1 Å². The van der Waals surface area contributed by atoms with Crippen LogP contribution in [0.3, 0.4) is 0 Å². The molecule has 2 aliphatic rings. The topological polar surface area (TPSA) is 111 Å². The van der Waals surface area contributed by atoms with Crippen molar-refractivity contribution in [2.24, 2.45) is 0 Å². The third kappa shape index (κ3) is 4.24. The van der Waals surface area contributed by atoms with Gasteiger partial charge >= 0.3 is 0 Å². The van der Waals surface area contributed by atoms with Crippen molar-refractivity contribution in [1.82, 2.24) is 30.0 Å². The fourth-order valence-corrected chi connectivity index (χ4v) is 4.59. The highest BCUT2D eigenvalue weighted by Gasteiger charge is 2.47. The van der Waals surface area contributed by atoms with Crippen molar-refractivity contribution >= 4 is 11.8 Å². The monoisotopic (exact) mass is 462 g/mol. The van der Waals surface area contributed by atoms with E-state index in [2.05, 4.69) is 20.5 Å². The Kier molecular flexibility index (Phi) is 5.97. The first-order chi connectivity index (χ1) is 16.6. The lowest BCUT2D eigenvalue weighted by molar-refractivity contribution is -0.172. The van der Waals surface area contributed by atoms with E-state index >= 15 is 0 Å². The molecule has 34 heavy (non-hydrogen) atoms. The molecule has 2 aromatic heterocycles. The van der Waals surface area contributed by atoms with Crippen molar-refractivity contribution in [3.63, 3.8) is 0 Å². The van der Waals surface area contributed by atoms with E-state index in [0.29, 0.717) is 44.6 Å². The fourth-order valence-electron chi connectivity index (χ4n) is 4.59. The van der Waals surface area contributed by atoms with Gasteiger partial charge in [-0.2, -0.15) is 10.2 Å². The Morgan fingerprint density at radius 2 is 1.94 bits per heavy atom. The van der Waals surface area contributed by atoms with Crippen LogP contribution in [-0.4, -0.2) is 62.8 Å². The van der Waals surface area contributed by atoms with Gasteiger partial charge in [0.2, 0.25) is 0 Å². The van der Waals surface area contributed by atoms with Crippen LogP contribution in [-0.2, 0) is 28.2 Å². The quantitative estimate of drug-likeness (QED) is 0.612. The van der Waals surface area contributed by atoms with Gasteiger partial charge < -0.3 is 24.3 Å². The molecule has 2 amide bonds. The molecule has 1 N–H and O–H groups in total. The van der Waals surface area contributed by atoms with Gasteiger partial charge in [0.1, 0.15) is 17.2 Å². The van der Waals surface area contributed by atoms with Gasteiger partial charge in [0.15, 0.2) is 6.10 Å². The summed E-state index contributed by atoms with van der Waals surface area (Å²) >= 11 is 0. The summed E-state index contributed by atoms with van der Waals surface area (Å²) in [6.07, 6.45) is 7.05. The molecule has 3 aromatic rings. The third-order valence-electron chi connectivity index (χ3n) is 6.46. The van der Waals surface area contributed by atoms with E-state index in [1.807, 2.05) is 35.0 Å². The Morgan fingerprint density at radius 3 is 2.65 bits per heavy atom. The second-order valence-electron chi connectivity index (χ2n) is 8.49. The van der Waals surface area contributed by atoms with E-state index < -0.39 is 11.7 Å². The van der Waals surface area contributed by atoms with Crippen molar-refractivity contribution in [3.8, 4) is 5.75 Å². The molecule has 176 valence electrons. The molecule has 1 saturated heterocycles. The van der Waals surface area contributed by atoms with Crippen LogP contribution in [0.15, 0.2) is 55.1 Å². The number of imidazole rings is 1. The Balaban J connectivity index is 1.26. The number of aromatic nitrogens is 4. The normalized spacial score (nSPS) is 18.9. The molecule has 2 aliphatic heterocycles. The molecule has 1 aromatic carbocycles. The number of rotatable bonds is 5. The molecule has 1 fully saturated rings. The number of piperidine rings is 1. The summed E-state index contributed by atoms with van der Waals surface area (Å²) in [6, 6.07) is 9.22. The Hall–Kier alpha value is -3.79. The average molecular weight is 463 g/mol. The maximum absolute atomic E-state index is 13.0. The maximum Gasteiger partial charge on any atom is 0.255 e. The number of carbonyl (C=O) groups is 2. The van der Waals surface area contributed by atoms with Crippen molar-refractivity contribution in [2.45, 2.75) is 37.6 Å². The van der Waals surface area contributed by atoms with E-state index in [1.54, 1.807) is 24.3 Å². The Morgan fingerprint density at radius 1 is 1.15 bits per heavy atom. The van der Waals surface area contributed by atoms with Crippen LogP contribution in [0.1, 0.15) is 34.6 Å².